The van der Waals surface area contributed by atoms with Crippen LogP contribution in [0.4, 0.5) is 32.0 Å². The molecule has 0 spiro atoms. The van der Waals surface area contributed by atoms with Gasteiger partial charge in [0.05, 0.1) is 11.6 Å². The number of benzene rings is 1. The normalized spacial score (nSPS) is 23.7. The van der Waals surface area contributed by atoms with Crippen molar-refractivity contribution in [1.29, 1.82) is 0 Å². The number of hydrogen-bond donors (Lipinski definition) is 1. The Morgan fingerprint density at radius 2 is 1.50 bits per heavy atom. The van der Waals surface area contributed by atoms with Gasteiger partial charge in [0.15, 0.2) is 17.5 Å². The lowest BCUT2D eigenvalue weighted by atomic mass is 9.85. The van der Waals surface area contributed by atoms with Gasteiger partial charge in [-0.05, 0) is 37.8 Å². The smallest absolute Gasteiger partial charge is 0.380 e. The zero-order chi connectivity index (χ0) is 14.9. The molecule has 1 fully saturated rings. The minimum absolute atomic E-state index is 0.0491. The number of halogens is 6. The molecular formula is C13H13F6N. The van der Waals surface area contributed by atoms with E-state index < -0.39 is 29.5 Å². The molecule has 1 aromatic rings. The molecule has 0 aromatic heterocycles. The molecule has 1 N–H and O–H groups in total. The lowest BCUT2D eigenvalue weighted by Gasteiger charge is -2.30. The van der Waals surface area contributed by atoms with E-state index in [4.69, 9.17) is 0 Å². The molecule has 0 atom stereocenters. The van der Waals surface area contributed by atoms with E-state index >= 15 is 0 Å². The third kappa shape index (κ3) is 3.19. The van der Waals surface area contributed by atoms with Gasteiger partial charge in [0.1, 0.15) is 0 Å². The van der Waals surface area contributed by atoms with Crippen molar-refractivity contribution in [3.8, 4) is 0 Å². The minimum Gasteiger partial charge on any atom is -0.380 e. The minimum atomic E-state index is -4.21. The SMILES string of the molecule is Fc1ccc(NC2CCC(C(F)(F)F)CC2)c(F)c1F. The van der Waals surface area contributed by atoms with Crippen molar-refractivity contribution < 1.29 is 26.3 Å². The van der Waals surface area contributed by atoms with E-state index in [0.29, 0.717) is 0 Å². The van der Waals surface area contributed by atoms with E-state index in [1.54, 1.807) is 0 Å². The van der Waals surface area contributed by atoms with Crippen LogP contribution >= 0.6 is 0 Å². The summed E-state index contributed by atoms with van der Waals surface area (Å²) in [6.45, 7) is 0. The summed E-state index contributed by atoms with van der Waals surface area (Å²) in [6, 6.07) is 1.46. The quantitative estimate of drug-likeness (QED) is 0.619. The summed E-state index contributed by atoms with van der Waals surface area (Å²) in [5, 5.41) is 2.64. The van der Waals surface area contributed by atoms with Crippen LogP contribution in [0.1, 0.15) is 25.7 Å². The van der Waals surface area contributed by atoms with E-state index in [-0.39, 0.29) is 37.4 Å². The Bertz CT molecular complexity index is 476. The van der Waals surface area contributed by atoms with Gasteiger partial charge in [-0.2, -0.15) is 13.2 Å². The maximum absolute atomic E-state index is 13.4. The first-order chi connectivity index (χ1) is 9.29. The van der Waals surface area contributed by atoms with Gasteiger partial charge in [-0.25, -0.2) is 13.2 Å². The monoisotopic (exact) mass is 297 g/mol. The molecule has 1 aromatic carbocycles. The summed E-state index contributed by atoms with van der Waals surface area (Å²) in [5.74, 6) is -5.56. The van der Waals surface area contributed by atoms with Crippen LogP contribution < -0.4 is 5.32 Å². The van der Waals surface area contributed by atoms with Crippen molar-refractivity contribution >= 4 is 5.69 Å². The molecule has 112 valence electrons. The van der Waals surface area contributed by atoms with Crippen molar-refractivity contribution in [2.75, 3.05) is 5.32 Å². The summed E-state index contributed by atoms with van der Waals surface area (Å²) in [7, 11) is 0. The first-order valence-electron chi connectivity index (χ1n) is 6.25. The third-order valence-corrected chi connectivity index (χ3v) is 3.58. The zero-order valence-corrected chi connectivity index (χ0v) is 10.4. The first kappa shape index (κ1) is 15.0. The molecule has 1 aliphatic rings. The third-order valence-electron chi connectivity index (χ3n) is 3.58. The fourth-order valence-electron chi connectivity index (χ4n) is 2.42. The highest BCUT2D eigenvalue weighted by Gasteiger charge is 2.41. The Labute approximate surface area is 112 Å². The molecule has 0 heterocycles. The van der Waals surface area contributed by atoms with Crippen molar-refractivity contribution in [1.82, 2.24) is 0 Å². The van der Waals surface area contributed by atoms with Crippen LogP contribution in [-0.2, 0) is 0 Å². The maximum Gasteiger partial charge on any atom is 0.391 e. The van der Waals surface area contributed by atoms with E-state index in [1.807, 2.05) is 0 Å². The molecule has 0 amide bonds. The molecule has 1 nitrogen and oxygen atoms in total. The first-order valence-corrected chi connectivity index (χ1v) is 6.25. The van der Waals surface area contributed by atoms with Crippen LogP contribution in [0, 0.1) is 23.4 Å². The maximum atomic E-state index is 13.4. The Kier molecular flexibility index (Phi) is 4.15. The van der Waals surface area contributed by atoms with E-state index in [9.17, 15) is 26.3 Å². The Morgan fingerprint density at radius 3 is 2.05 bits per heavy atom. The zero-order valence-electron chi connectivity index (χ0n) is 10.4. The topological polar surface area (TPSA) is 12.0 Å². The second-order valence-electron chi connectivity index (χ2n) is 4.96. The van der Waals surface area contributed by atoms with Crippen LogP contribution in [0.3, 0.4) is 0 Å². The van der Waals surface area contributed by atoms with Gasteiger partial charge >= 0.3 is 6.18 Å². The molecule has 0 radical (unpaired) electrons. The van der Waals surface area contributed by atoms with E-state index in [1.165, 1.54) is 0 Å². The second kappa shape index (κ2) is 5.54. The molecule has 0 aliphatic heterocycles. The number of nitrogens with one attached hydrogen (secondary N) is 1. The number of alkyl halides is 3. The molecule has 1 saturated carbocycles. The van der Waals surface area contributed by atoms with Crippen molar-refractivity contribution in [2.45, 2.75) is 37.9 Å². The molecule has 20 heavy (non-hydrogen) atoms. The standard InChI is InChI=1S/C13H13F6N/c14-9-5-6-10(12(16)11(9)15)20-8-3-1-7(2-4-8)13(17,18)19/h5-8,20H,1-4H2. The van der Waals surface area contributed by atoms with E-state index in [2.05, 4.69) is 5.32 Å². The number of rotatable bonds is 2. The molecule has 7 heteroatoms. The highest BCUT2D eigenvalue weighted by Crippen LogP contribution is 2.38. The average molecular weight is 297 g/mol. The van der Waals surface area contributed by atoms with Gasteiger partial charge < -0.3 is 5.32 Å². The molecule has 1 aliphatic carbocycles. The lowest BCUT2D eigenvalue weighted by Crippen LogP contribution is -2.33. The average Bonchev–Trinajstić information content (AvgIpc) is 2.39. The van der Waals surface area contributed by atoms with Crippen molar-refractivity contribution in [2.24, 2.45) is 5.92 Å². The predicted molar refractivity (Wildman–Crippen MR) is 61.7 cm³/mol. The molecular weight excluding hydrogens is 284 g/mol. The molecule has 0 bridgehead atoms. The summed E-state index contributed by atoms with van der Waals surface area (Å²) in [6.07, 6.45) is -3.89. The van der Waals surface area contributed by atoms with Gasteiger partial charge in [0.2, 0.25) is 0 Å². The lowest BCUT2D eigenvalue weighted by molar-refractivity contribution is -0.182. The summed E-state index contributed by atoms with van der Waals surface area (Å²) >= 11 is 0. The van der Waals surface area contributed by atoms with Crippen molar-refractivity contribution in [3.63, 3.8) is 0 Å². The van der Waals surface area contributed by atoms with Crippen LogP contribution in [0.5, 0.6) is 0 Å². The highest BCUT2D eigenvalue weighted by molar-refractivity contribution is 5.46. The van der Waals surface area contributed by atoms with Gasteiger partial charge in [-0.1, -0.05) is 0 Å². The van der Waals surface area contributed by atoms with Crippen LogP contribution in [0.2, 0.25) is 0 Å². The van der Waals surface area contributed by atoms with Gasteiger partial charge in [0.25, 0.3) is 0 Å². The Balaban J connectivity index is 1.98. The molecule has 0 unspecified atom stereocenters. The Morgan fingerprint density at radius 1 is 0.900 bits per heavy atom. The predicted octanol–water partition coefficient (Wildman–Crippen LogP) is 4.64. The highest BCUT2D eigenvalue weighted by atomic mass is 19.4. The summed E-state index contributed by atoms with van der Waals surface area (Å²) < 4.78 is 76.7. The second-order valence-corrected chi connectivity index (χ2v) is 4.96. The number of anilines is 1. The van der Waals surface area contributed by atoms with Gasteiger partial charge in [-0.3, -0.25) is 0 Å². The van der Waals surface area contributed by atoms with E-state index in [0.717, 1.165) is 12.1 Å². The molecule has 0 saturated heterocycles. The van der Waals surface area contributed by atoms with Gasteiger partial charge in [0, 0.05) is 6.04 Å². The van der Waals surface area contributed by atoms with Gasteiger partial charge in [-0.15, -0.1) is 0 Å². The Hall–Kier alpha value is -1.40. The fraction of sp³-hybridized carbons (Fsp3) is 0.538. The summed E-state index contributed by atoms with van der Waals surface area (Å²) in [4.78, 5) is 0. The van der Waals surface area contributed by atoms with Crippen LogP contribution in [-0.4, -0.2) is 12.2 Å². The van der Waals surface area contributed by atoms with Crippen molar-refractivity contribution in [3.05, 3.63) is 29.6 Å². The number of hydrogen-bond acceptors (Lipinski definition) is 1. The molecule has 2 rings (SSSR count). The summed E-state index contributed by atoms with van der Waals surface area (Å²) in [5.41, 5.74) is -0.223. The fourth-order valence-corrected chi connectivity index (χ4v) is 2.42. The van der Waals surface area contributed by atoms with Crippen LogP contribution in [0.15, 0.2) is 12.1 Å². The van der Waals surface area contributed by atoms with Crippen LogP contribution in [0.25, 0.3) is 0 Å². The largest absolute Gasteiger partial charge is 0.391 e.